The van der Waals surface area contributed by atoms with Gasteiger partial charge in [-0.3, -0.25) is 9.69 Å². The molecule has 1 spiro atoms. The summed E-state index contributed by atoms with van der Waals surface area (Å²) in [6, 6.07) is 10.4. The Morgan fingerprint density at radius 1 is 1.08 bits per heavy atom. The zero-order chi connectivity index (χ0) is 26.2. The Morgan fingerprint density at radius 3 is 2.43 bits per heavy atom. The van der Waals surface area contributed by atoms with Crippen molar-refractivity contribution in [2.75, 3.05) is 42.9 Å². The first-order valence-corrected chi connectivity index (χ1v) is 14.4. The summed E-state index contributed by atoms with van der Waals surface area (Å²) in [5.41, 5.74) is 3.55. The molecule has 3 saturated carbocycles. The van der Waals surface area contributed by atoms with Gasteiger partial charge in [0, 0.05) is 49.8 Å². The van der Waals surface area contributed by atoms with Crippen LogP contribution in [0.1, 0.15) is 70.8 Å². The van der Waals surface area contributed by atoms with Gasteiger partial charge in [0.2, 0.25) is 5.95 Å². The van der Waals surface area contributed by atoms with Crippen molar-refractivity contribution in [3.05, 3.63) is 42.2 Å². The normalized spacial score (nSPS) is 29.2. The van der Waals surface area contributed by atoms with E-state index in [1.165, 1.54) is 31.5 Å². The first-order valence-electron chi connectivity index (χ1n) is 14.4. The van der Waals surface area contributed by atoms with Gasteiger partial charge in [0.15, 0.2) is 0 Å². The average Bonchev–Trinajstić information content (AvgIpc) is 3.31. The highest BCUT2D eigenvalue weighted by Gasteiger charge is 2.81. The van der Waals surface area contributed by atoms with Gasteiger partial charge in [-0.25, -0.2) is 9.97 Å². The second kappa shape index (κ2) is 10.2. The predicted octanol–water partition coefficient (Wildman–Crippen LogP) is 5.33. The fraction of sp³-hybridized carbons (Fsp3) is 0.633. The summed E-state index contributed by atoms with van der Waals surface area (Å²) < 4.78 is 0. The van der Waals surface area contributed by atoms with Crippen molar-refractivity contribution in [3.63, 3.8) is 0 Å². The van der Waals surface area contributed by atoms with Crippen molar-refractivity contribution in [1.82, 2.24) is 20.2 Å². The molecule has 3 aliphatic carbocycles. The van der Waals surface area contributed by atoms with Crippen LogP contribution in [0.5, 0.6) is 0 Å². The molecule has 37 heavy (non-hydrogen) atoms. The van der Waals surface area contributed by atoms with Crippen LogP contribution in [0, 0.1) is 22.7 Å². The lowest BCUT2D eigenvalue weighted by molar-refractivity contribution is 0.0720. The van der Waals surface area contributed by atoms with E-state index in [9.17, 15) is 4.79 Å². The van der Waals surface area contributed by atoms with Crippen LogP contribution >= 0.6 is 0 Å². The summed E-state index contributed by atoms with van der Waals surface area (Å²) in [6.07, 6.45) is 6.56. The average molecular weight is 505 g/mol. The second-order valence-corrected chi connectivity index (χ2v) is 11.5. The lowest BCUT2D eigenvalue weighted by Crippen LogP contribution is -2.46. The fourth-order valence-corrected chi connectivity index (χ4v) is 7.72. The van der Waals surface area contributed by atoms with Gasteiger partial charge < -0.3 is 15.5 Å². The standard InChI is InChI=1S/C28H38N6O.C2H6/c1-4-13-33-14-16-34(17-15-33)20-7-5-19(6-8-20)30-26-29-12-10-22(32-26)25(35)31-23-18-24-27(2,3)28(24)11-9-21(23)28;1-2/h5-8,10,12,21,23-24H,4,9,11,13-18H2,1-3H3,(H,31,35)(H,29,30,32);1-2H3. The van der Waals surface area contributed by atoms with Crippen LogP contribution in [0.25, 0.3) is 0 Å². The maximum absolute atomic E-state index is 13.0. The number of rotatable bonds is 7. The molecule has 2 heterocycles. The molecule has 200 valence electrons. The highest BCUT2D eigenvalue weighted by molar-refractivity contribution is 5.92. The number of carbonyl (C=O) groups is 1. The third kappa shape index (κ3) is 4.49. The smallest absolute Gasteiger partial charge is 0.270 e. The molecule has 1 aromatic carbocycles. The monoisotopic (exact) mass is 504 g/mol. The summed E-state index contributed by atoms with van der Waals surface area (Å²) >= 11 is 0. The Kier molecular flexibility index (Phi) is 7.18. The predicted molar refractivity (Wildman–Crippen MR) is 150 cm³/mol. The molecule has 1 amide bonds. The number of nitrogens with zero attached hydrogens (tertiary/aromatic N) is 4. The van der Waals surface area contributed by atoms with E-state index in [2.05, 4.69) is 75.4 Å². The first kappa shape index (κ1) is 26.0. The van der Waals surface area contributed by atoms with Crippen LogP contribution in [0.2, 0.25) is 0 Å². The largest absolute Gasteiger partial charge is 0.369 e. The van der Waals surface area contributed by atoms with Gasteiger partial charge in [0.05, 0.1) is 0 Å². The number of hydrogen-bond donors (Lipinski definition) is 2. The second-order valence-electron chi connectivity index (χ2n) is 11.5. The number of piperazine rings is 1. The number of carbonyl (C=O) groups excluding carboxylic acids is 1. The minimum atomic E-state index is -0.0841. The van der Waals surface area contributed by atoms with Crippen LogP contribution in [0.4, 0.5) is 17.3 Å². The summed E-state index contributed by atoms with van der Waals surface area (Å²) in [4.78, 5) is 26.8. The Labute approximate surface area is 222 Å². The van der Waals surface area contributed by atoms with Crippen molar-refractivity contribution in [3.8, 4) is 0 Å². The molecule has 4 aliphatic rings. The van der Waals surface area contributed by atoms with E-state index in [4.69, 9.17) is 0 Å². The van der Waals surface area contributed by atoms with Gasteiger partial charge in [-0.15, -0.1) is 0 Å². The zero-order valence-electron chi connectivity index (χ0n) is 23.3. The lowest BCUT2D eigenvalue weighted by atomic mass is 9.65. The van der Waals surface area contributed by atoms with Crippen LogP contribution in [0.3, 0.4) is 0 Å². The lowest BCUT2D eigenvalue weighted by Gasteiger charge is -2.42. The van der Waals surface area contributed by atoms with Crippen LogP contribution < -0.4 is 15.5 Å². The quantitative estimate of drug-likeness (QED) is 0.531. The molecule has 7 heteroatoms. The third-order valence-corrected chi connectivity index (χ3v) is 9.72. The molecule has 0 radical (unpaired) electrons. The van der Waals surface area contributed by atoms with Crippen molar-refractivity contribution in [1.29, 1.82) is 0 Å². The maximum Gasteiger partial charge on any atom is 0.270 e. The molecule has 2 aromatic rings. The van der Waals surface area contributed by atoms with Crippen molar-refractivity contribution >= 4 is 23.2 Å². The van der Waals surface area contributed by atoms with Crippen molar-refractivity contribution < 1.29 is 4.79 Å². The zero-order valence-corrected chi connectivity index (χ0v) is 23.3. The number of nitrogens with one attached hydrogen (secondary N) is 2. The van der Waals surface area contributed by atoms with Gasteiger partial charge in [-0.05, 0) is 85.2 Å². The van der Waals surface area contributed by atoms with Crippen LogP contribution in [0.15, 0.2) is 36.5 Å². The topological polar surface area (TPSA) is 73.4 Å². The molecule has 2 N–H and O–H groups in total. The number of benzene rings is 1. The van der Waals surface area contributed by atoms with Gasteiger partial charge in [-0.1, -0.05) is 34.6 Å². The maximum atomic E-state index is 13.0. The van der Waals surface area contributed by atoms with E-state index >= 15 is 0 Å². The summed E-state index contributed by atoms with van der Waals surface area (Å²) in [5, 5.41) is 6.57. The highest BCUT2D eigenvalue weighted by Crippen LogP contribution is 2.85. The summed E-state index contributed by atoms with van der Waals surface area (Å²) in [7, 11) is 0. The number of anilines is 3. The molecule has 4 fully saturated rings. The molecule has 7 nitrogen and oxygen atoms in total. The number of aromatic nitrogens is 2. The number of hydrogen-bond acceptors (Lipinski definition) is 6. The minimum Gasteiger partial charge on any atom is -0.369 e. The Bertz CT molecular complexity index is 1090. The minimum absolute atomic E-state index is 0.0841. The Balaban J connectivity index is 0.00000137. The third-order valence-electron chi connectivity index (χ3n) is 9.72. The molecular weight excluding hydrogens is 460 g/mol. The molecule has 0 bridgehead atoms. The molecule has 1 aliphatic heterocycles. The molecule has 1 aromatic heterocycles. The molecule has 4 unspecified atom stereocenters. The van der Waals surface area contributed by atoms with Gasteiger partial charge in [0.1, 0.15) is 5.69 Å². The highest BCUT2D eigenvalue weighted by atomic mass is 16.2. The summed E-state index contributed by atoms with van der Waals surface area (Å²) in [5.74, 6) is 1.78. The van der Waals surface area contributed by atoms with E-state index in [1.807, 2.05) is 13.8 Å². The SMILES string of the molecule is CC.CCCN1CCN(c2ccc(Nc3nccc(C(=O)NC4CC5C(C)(C)C56CCC46)n3)cc2)CC1. The Hall–Kier alpha value is -2.67. The molecule has 4 atom stereocenters. The molecule has 1 saturated heterocycles. The van der Waals surface area contributed by atoms with Gasteiger partial charge in [-0.2, -0.15) is 0 Å². The van der Waals surface area contributed by atoms with Gasteiger partial charge in [0.25, 0.3) is 5.91 Å². The Morgan fingerprint density at radius 2 is 1.81 bits per heavy atom. The molecular formula is C30H44N6O. The summed E-state index contributed by atoms with van der Waals surface area (Å²) in [6.45, 7) is 16.6. The van der Waals surface area contributed by atoms with Crippen LogP contribution in [-0.4, -0.2) is 59.5 Å². The van der Waals surface area contributed by atoms with E-state index in [-0.39, 0.29) is 11.9 Å². The van der Waals surface area contributed by atoms with E-state index < -0.39 is 0 Å². The van der Waals surface area contributed by atoms with E-state index in [1.54, 1.807) is 12.3 Å². The van der Waals surface area contributed by atoms with Gasteiger partial charge >= 0.3 is 0 Å². The van der Waals surface area contributed by atoms with Crippen LogP contribution in [-0.2, 0) is 0 Å². The van der Waals surface area contributed by atoms with Crippen molar-refractivity contribution in [2.45, 2.75) is 66.3 Å². The first-order chi connectivity index (χ1) is 17.9. The van der Waals surface area contributed by atoms with Crippen molar-refractivity contribution in [2.24, 2.45) is 22.7 Å². The fourth-order valence-electron chi connectivity index (χ4n) is 7.72. The van der Waals surface area contributed by atoms with E-state index in [0.29, 0.717) is 28.4 Å². The molecule has 6 rings (SSSR count). The van der Waals surface area contributed by atoms with E-state index in [0.717, 1.165) is 44.2 Å². The number of amides is 1.